The second kappa shape index (κ2) is 5.70. The average molecular weight is 216 g/mol. The fraction of sp³-hybridized carbons (Fsp3) is 0.800. The largest absolute Gasteiger partial charge is 0.480 e. The Hall–Kier alpha value is -1.10. The minimum absolute atomic E-state index is 0.182. The zero-order chi connectivity index (χ0) is 12.1. The summed E-state index contributed by atoms with van der Waals surface area (Å²) in [7, 11) is 1.50. The fourth-order valence-corrected chi connectivity index (χ4v) is 0.946. The van der Waals surface area contributed by atoms with E-state index in [1.54, 1.807) is 0 Å². The van der Waals surface area contributed by atoms with E-state index in [0.717, 1.165) is 13.0 Å². The van der Waals surface area contributed by atoms with Crippen LogP contribution in [-0.2, 0) is 9.59 Å². The van der Waals surface area contributed by atoms with Crippen molar-refractivity contribution < 1.29 is 14.7 Å². The van der Waals surface area contributed by atoms with Gasteiger partial charge in [-0.3, -0.25) is 4.79 Å². The van der Waals surface area contributed by atoms with Crippen LogP contribution in [0.25, 0.3) is 0 Å². The molecule has 0 rings (SSSR count). The first-order valence-corrected chi connectivity index (χ1v) is 5.04. The average Bonchev–Trinajstić information content (AvgIpc) is 2.16. The lowest BCUT2D eigenvalue weighted by Gasteiger charge is -2.31. The van der Waals surface area contributed by atoms with Crippen LogP contribution in [0.2, 0.25) is 0 Å². The molecule has 0 atom stereocenters. The molecular weight excluding hydrogens is 196 g/mol. The van der Waals surface area contributed by atoms with Gasteiger partial charge in [0.2, 0.25) is 5.91 Å². The molecule has 0 aliphatic heterocycles. The number of likely N-dealkylation sites (N-methyl/N-ethyl adjacent to an activating group) is 1. The quantitative estimate of drug-likeness (QED) is 0.627. The molecule has 0 aliphatic rings. The SMILES string of the molecule is CCCNCC(=O)N(C)C(C)(C)C(=O)O. The van der Waals surface area contributed by atoms with E-state index in [1.165, 1.54) is 25.8 Å². The highest BCUT2D eigenvalue weighted by molar-refractivity contribution is 5.87. The van der Waals surface area contributed by atoms with Gasteiger partial charge in [-0.2, -0.15) is 0 Å². The molecule has 0 fully saturated rings. The molecule has 0 spiro atoms. The maximum absolute atomic E-state index is 11.6. The number of nitrogens with zero attached hydrogens (tertiary/aromatic N) is 1. The van der Waals surface area contributed by atoms with Crippen molar-refractivity contribution in [2.45, 2.75) is 32.7 Å². The Bertz CT molecular complexity index is 239. The van der Waals surface area contributed by atoms with E-state index in [2.05, 4.69) is 5.32 Å². The van der Waals surface area contributed by atoms with Crippen LogP contribution in [0.15, 0.2) is 0 Å². The van der Waals surface area contributed by atoms with Crippen molar-refractivity contribution >= 4 is 11.9 Å². The van der Waals surface area contributed by atoms with Crippen LogP contribution in [0.1, 0.15) is 27.2 Å². The van der Waals surface area contributed by atoms with Crippen molar-refractivity contribution in [2.24, 2.45) is 0 Å². The first-order chi connectivity index (χ1) is 6.84. The van der Waals surface area contributed by atoms with E-state index in [0.29, 0.717) is 0 Å². The van der Waals surface area contributed by atoms with Gasteiger partial charge in [0.15, 0.2) is 0 Å². The Morgan fingerprint density at radius 3 is 2.33 bits per heavy atom. The number of amides is 1. The molecular formula is C10H20N2O3. The van der Waals surface area contributed by atoms with Crippen LogP contribution in [0.5, 0.6) is 0 Å². The molecule has 0 saturated carbocycles. The molecule has 0 aromatic carbocycles. The molecule has 88 valence electrons. The second-order valence-corrected chi connectivity index (χ2v) is 3.99. The molecule has 0 bridgehead atoms. The minimum Gasteiger partial charge on any atom is -0.480 e. The third-order valence-electron chi connectivity index (χ3n) is 2.44. The van der Waals surface area contributed by atoms with Gasteiger partial charge < -0.3 is 15.3 Å². The van der Waals surface area contributed by atoms with E-state index >= 15 is 0 Å². The Morgan fingerprint density at radius 2 is 1.93 bits per heavy atom. The van der Waals surface area contributed by atoms with Crippen LogP contribution in [0, 0.1) is 0 Å². The highest BCUT2D eigenvalue weighted by Gasteiger charge is 2.34. The van der Waals surface area contributed by atoms with Gasteiger partial charge in [-0.1, -0.05) is 6.92 Å². The number of nitrogens with one attached hydrogen (secondary N) is 1. The normalized spacial score (nSPS) is 11.2. The van der Waals surface area contributed by atoms with Crippen molar-refractivity contribution in [2.75, 3.05) is 20.1 Å². The zero-order valence-electron chi connectivity index (χ0n) is 9.83. The van der Waals surface area contributed by atoms with Gasteiger partial charge in [-0.25, -0.2) is 4.79 Å². The molecule has 0 aromatic rings. The number of hydrogen-bond acceptors (Lipinski definition) is 3. The first-order valence-electron chi connectivity index (χ1n) is 5.04. The Labute approximate surface area is 90.5 Å². The molecule has 5 heteroatoms. The lowest BCUT2D eigenvalue weighted by molar-refractivity contribution is -0.154. The first kappa shape index (κ1) is 13.9. The van der Waals surface area contributed by atoms with Crippen molar-refractivity contribution in [3.8, 4) is 0 Å². The molecule has 0 heterocycles. The number of carboxylic acids is 1. The van der Waals surface area contributed by atoms with E-state index in [1.807, 2.05) is 6.92 Å². The fourth-order valence-electron chi connectivity index (χ4n) is 0.946. The van der Waals surface area contributed by atoms with E-state index < -0.39 is 11.5 Å². The number of carboxylic acid groups (broad SMARTS) is 1. The maximum Gasteiger partial charge on any atom is 0.329 e. The number of hydrogen-bond donors (Lipinski definition) is 2. The Kier molecular flexibility index (Phi) is 5.28. The summed E-state index contributed by atoms with van der Waals surface area (Å²) >= 11 is 0. The monoisotopic (exact) mass is 216 g/mol. The van der Waals surface area contributed by atoms with E-state index in [9.17, 15) is 9.59 Å². The molecule has 5 nitrogen and oxygen atoms in total. The maximum atomic E-state index is 11.6. The van der Waals surface area contributed by atoms with Gasteiger partial charge in [0.1, 0.15) is 5.54 Å². The number of carbonyl (C=O) groups is 2. The molecule has 0 unspecified atom stereocenters. The molecule has 0 aromatic heterocycles. The van der Waals surface area contributed by atoms with Crippen molar-refractivity contribution in [3.63, 3.8) is 0 Å². The summed E-state index contributed by atoms with van der Waals surface area (Å²) in [6.07, 6.45) is 0.944. The van der Waals surface area contributed by atoms with Crippen LogP contribution < -0.4 is 5.32 Å². The van der Waals surface area contributed by atoms with Crippen LogP contribution in [-0.4, -0.2) is 47.6 Å². The molecule has 1 amide bonds. The van der Waals surface area contributed by atoms with Gasteiger partial charge in [0.05, 0.1) is 6.54 Å². The Morgan fingerprint density at radius 1 is 1.40 bits per heavy atom. The third kappa shape index (κ3) is 3.87. The summed E-state index contributed by atoms with van der Waals surface area (Å²) in [4.78, 5) is 23.7. The molecule has 0 saturated heterocycles. The number of carbonyl (C=O) groups excluding carboxylic acids is 1. The molecule has 0 radical (unpaired) electrons. The molecule has 2 N–H and O–H groups in total. The molecule has 0 aliphatic carbocycles. The number of aliphatic carboxylic acids is 1. The summed E-state index contributed by atoms with van der Waals surface area (Å²) in [5.74, 6) is -1.22. The van der Waals surface area contributed by atoms with Gasteiger partial charge in [0.25, 0.3) is 0 Å². The summed E-state index contributed by atoms with van der Waals surface area (Å²) in [5, 5.41) is 11.9. The topological polar surface area (TPSA) is 69.6 Å². The minimum atomic E-state index is -1.16. The predicted molar refractivity (Wildman–Crippen MR) is 57.6 cm³/mol. The lowest BCUT2D eigenvalue weighted by Crippen LogP contribution is -2.53. The van der Waals surface area contributed by atoms with Crippen molar-refractivity contribution in [1.82, 2.24) is 10.2 Å². The third-order valence-corrected chi connectivity index (χ3v) is 2.44. The zero-order valence-corrected chi connectivity index (χ0v) is 9.83. The van der Waals surface area contributed by atoms with Crippen molar-refractivity contribution in [1.29, 1.82) is 0 Å². The number of rotatable bonds is 6. The van der Waals surface area contributed by atoms with Gasteiger partial charge in [0, 0.05) is 7.05 Å². The van der Waals surface area contributed by atoms with Gasteiger partial charge in [-0.15, -0.1) is 0 Å². The smallest absolute Gasteiger partial charge is 0.329 e. The van der Waals surface area contributed by atoms with Crippen LogP contribution in [0.4, 0.5) is 0 Å². The molecule has 15 heavy (non-hydrogen) atoms. The predicted octanol–water partition coefficient (Wildman–Crippen LogP) is 0.308. The van der Waals surface area contributed by atoms with Crippen LogP contribution in [0.3, 0.4) is 0 Å². The summed E-state index contributed by atoms with van der Waals surface area (Å²) in [6.45, 7) is 5.95. The van der Waals surface area contributed by atoms with Gasteiger partial charge in [-0.05, 0) is 26.8 Å². The highest BCUT2D eigenvalue weighted by Crippen LogP contribution is 2.11. The Balaban J connectivity index is 4.25. The summed E-state index contributed by atoms with van der Waals surface area (Å²) in [5.41, 5.74) is -1.16. The van der Waals surface area contributed by atoms with Gasteiger partial charge >= 0.3 is 5.97 Å². The summed E-state index contributed by atoms with van der Waals surface area (Å²) in [6, 6.07) is 0. The second-order valence-electron chi connectivity index (χ2n) is 3.99. The van der Waals surface area contributed by atoms with Crippen molar-refractivity contribution in [3.05, 3.63) is 0 Å². The summed E-state index contributed by atoms with van der Waals surface area (Å²) < 4.78 is 0. The van der Waals surface area contributed by atoms with E-state index in [4.69, 9.17) is 5.11 Å². The van der Waals surface area contributed by atoms with E-state index in [-0.39, 0.29) is 12.5 Å². The lowest BCUT2D eigenvalue weighted by atomic mass is 10.0. The highest BCUT2D eigenvalue weighted by atomic mass is 16.4. The van der Waals surface area contributed by atoms with Crippen LogP contribution >= 0.6 is 0 Å². The standard InChI is InChI=1S/C10H20N2O3/c1-5-6-11-7-8(13)12(4)10(2,3)9(14)15/h11H,5-7H2,1-4H3,(H,14,15).